The second-order valence-corrected chi connectivity index (χ2v) is 2.45. The minimum absolute atomic E-state index is 0.0255. The largest absolute Gasteiger partial charge is 0.398 e. The van der Waals surface area contributed by atoms with Crippen molar-refractivity contribution in [1.82, 2.24) is 4.98 Å². The number of hydrogen-bond donors (Lipinski definition) is 1. The number of nitrogens with two attached hydrogens (primary N) is 1. The highest BCUT2D eigenvalue weighted by molar-refractivity contribution is 9.10. The number of hydrogen-bond acceptors (Lipinski definition) is 2. The summed E-state index contributed by atoms with van der Waals surface area (Å²) < 4.78 is 15.1. The zero-order valence-corrected chi connectivity index (χ0v) is 6.49. The Morgan fingerprint density at radius 2 is 2.56 bits per heavy atom. The van der Waals surface area contributed by atoms with Gasteiger partial charge in [0.1, 0.15) is 0 Å². The van der Waals surface area contributed by atoms with Crippen molar-refractivity contribution in [3.8, 4) is 0 Å². The van der Waals surface area contributed by atoms with Gasteiger partial charge in [-0.2, -0.15) is 0 Å². The number of anilines is 1. The minimum Gasteiger partial charge on any atom is -0.398 e. The van der Waals surface area contributed by atoms with Gasteiger partial charge in [-0.25, -0.2) is 0 Å². The predicted octanol–water partition coefficient (Wildman–Crippen LogP) is 1.73. The Balaban J connectivity index is 3.46. The standard InChI is InChI=1S/C6H7BrN2/c1-4-6(7)5(8)2-3-9-4/h2-3H,1H3,(H2,8,9)/i2D,3D. The van der Waals surface area contributed by atoms with Crippen molar-refractivity contribution < 1.29 is 2.74 Å². The molecule has 2 N–H and O–H groups in total. The predicted molar refractivity (Wildman–Crippen MR) is 41.1 cm³/mol. The van der Waals surface area contributed by atoms with E-state index in [4.69, 9.17) is 8.48 Å². The number of rotatable bonds is 0. The summed E-state index contributed by atoms with van der Waals surface area (Å²) in [6.45, 7) is 1.73. The van der Waals surface area contributed by atoms with Crippen LogP contribution in [-0.4, -0.2) is 4.98 Å². The van der Waals surface area contributed by atoms with Crippen LogP contribution in [0.4, 0.5) is 5.69 Å². The van der Waals surface area contributed by atoms with Crippen LogP contribution in [0.5, 0.6) is 0 Å². The first-order chi connectivity index (χ1) is 5.04. The Labute approximate surface area is 65.0 Å². The number of pyridine rings is 1. The number of halogens is 1. The van der Waals surface area contributed by atoms with Crippen LogP contribution in [-0.2, 0) is 0 Å². The van der Waals surface area contributed by atoms with Crippen LogP contribution >= 0.6 is 15.9 Å². The Bertz CT molecular complexity index is 275. The molecule has 3 heteroatoms. The third-order valence-electron chi connectivity index (χ3n) is 0.968. The Morgan fingerprint density at radius 1 is 1.89 bits per heavy atom. The van der Waals surface area contributed by atoms with Crippen molar-refractivity contribution in [2.24, 2.45) is 0 Å². The van der Waals surface area contributed by atoms with E-state index in [-0.39, 0.29) is 17.9 Å². The SMILES string of the molecule is [2H]c1nc(C)c(Br)c(N)c1[2H]. The molecular weight excluding hydrogens is 180 g/mol. The molecule has 1 aromatic rings. The van der Waals surface area contributed by atoms with Gasteiger partial charge in [0.25, 0.3) is 0 Å². The maximum atomic E-state index is 7.28. The topological polar surface area (TPSA) is 38.9 Å². The zero-order valence-electron chi connectivity index (χ0n) is 6.90. The normalized spacial score (nSPS) is 12.7. The molecule has 0 bridgehead atoms. The number of nitrogens with zero attached hydrogens (tertiary/aromatic N) is 1. The molecule has 0 amide bonds. The molecule has 0 aliphatic rings. The maximum Gasteiger partial charge on any atom is 0.0841 e. The lowest BCUT2D eigenvalue weighted by Gasteiger charge is -1.97. The molecule has 0 aromatic carbocycles. The highest BCUT2D eigenvalue weighted by Crippen LogP contribution is 2.20. The summed E-state index contributed by atoms with van der Waals surface area (Å²) in [5, 5.41) is 0. The van der Waals surface area contributed by atoms with Gasteiger partial charge in [0, 0.05) is 11.9 Å². The summed E-state index contributed by atoms with van der Waals surface area (Å²) in [4.78, 5) is 3.79. The first-order valence-electron chi connectivity index (χ1n) is 3.42. The zero-order chi connectivity index (χ0) is 8.59. The monoisotopic (exact) mass is 188 g/mol. The molecule has 9 heavy (non-hydrogen) atoms. The number of aryl methyl sites for hydroxylation is 1. The molecule has 1 aromatic heterocycles. The molecule has 1 heterocycles. The fourth-order valence-electron chi connectivity index (χ4n) is 0.471. The van der Waals surface area contributed by atoms with E-state index >= 15 is 0 Å². The van der Waals surface area contributed by atoms with Crippen molar-refractivity contribution in [1.29, 1.82) is 0 Å². The molecule has 0 saturated carbocycles. The molecule has 0 aliphatic carbocycles. The van der Waals surface area contributed by atoms with Crippen LogP contribution in [0.1, 0.15) is 8.44 Å². The lowest BCUT2D eigenvalue weighted by Crippen LogP contribution is -1.89. The van der Waals surface area contributed by atoms with Crippen molar-refractivity contribution in [3.05, 3.63) is 22.4 Å². The third-order valence-corrected chi connectivity index (χ3v) is 1.97. The smallest absolute Gasteiger partial charge is 0.0841 e. The quantitative estimate of drug-likeness (QED) is 0.674. The summed E-state index contributed by atoms with van der Waals surface area (Å²) in [5.41, 5.74) is 6.41. The average Bonchev–Trinajstić information content (AvgIpc) is 1.97. The van der Waals surface area contributed by atoms with Crippen molar-refractivity contribution in [3.63, 3.8) is 0 Å². The maximum absolute atomic E-state index is 7.28. The second kappa shape index (κ2) is 2.35. The van der Waals surface area contributed by atoms with Crippen LogP contribution < -0.4 is 5.73 Å². The van der Waals surface area contributed by atoms with Crippen molar-refractivity contribution >= 4 is 21.6 Å². The molecule has 0 atom stereocenters. The first-order valence-corrected chi connectivity index (χ1v) is 3.22. The lowest BCUT2D eigenvalue weighted by atomic mass is 10.3. The van der Waals surface area contributed by atoms with Gasteiger partial charge >= 0.3 is 0 Å². The molecule has 0 saturated heterocycles. The Kier molecular flexibility index (Phi) is 1.12. The highest BCUT2D eigenvalue weighted by Gasteiger charge is 1.96. The fraction of sp³-hybridized carbons (Fsp3) is 0.167. The highest BCUT2D eigenvalue weighted by atomic mass is 79.9. The van der Waals surface area contributed by atoms with Crippen molar-refractivity contribution in [2.45, 2.75) is 6.92 Å². The van der Waals surface area contributed by atoms with E-state index in [2.05, 4.69) is 20.9 Å². The van der Waals surface area contributed by atoms with Crippen LogP contribution in [0.25, 0.3) is 0 Å². The molecular formula is C6H7BrN2. The molecule has 0 unspecified atom stereocenters. The van der Waals surface area contributed by atoms with E-state index in [1.807, 2.05) is 0 Å². The van der Waals surface area contributed by atoms with E-state index in [0.29, 0.717) is 10.2 Å². The van der Waals surface area contributed by atoms with Crippen LogP contribution in [0, 0.1) is 6.92 Å². The van der Waals surface area contributed by atoms with Gasteiger partial charge in [0.2, 0.25) is 0 Å². The van der Waals surface area contributed by atoms with E-state index in [9.17, 15) is 0 Å². The molecule has 0 radical (unpaired) electrons. The van der Waals surface area contributed by atoms with Gasteiger partial charge in [0.05, 0.1) is 12.9 Å². The fourth-order valence-corrected chi connectivity index (χ4v) is 0.659. The Hall–Kier alpha value is -0.570. The lowest BCUT2D eigenvalue weighted by molar-refractivity contribution is 1.18. The van der Waals surface area contributed by atoms with Crippen LogP contribution in [0.3, 0.4) is 0 Å². The molecule has 2 nitrogen and oxygen atoms in total. The molecule has 0 aliphatic heterocycles. The average molecular weight is 189 g/mol. The summed E-state index contributed by atoms with van der Waals surface area (Å²) >= 11 is 3.17. The van der Waals surface area contributed by atoms with E-state index < -0.39 is 0 Å². The van der Waals surface area contributed by atoms with E-state index in [1.165, 1.54) is 0 Å². The molecule has 1 rings (SSSR count). The third kappa shape index (κ3) is 1.21. The van der Waals surface area contributed by atoms with Crippen LogP contribution in [0.2, 0.25) is 0 Å². The molecule has 0 fully saturated rings. The van der Waals surface area contributed by atoms with E-state index in [1.54, 1.807) is 6.92 Å². The van der Waals surface area contributed by atoms with Gasteiger partial charge in [-0.3, -0.25) is 4.98 Å². The summed E-state index contributed by atoms with van der Waals surface area (Å²) in [5.74, 6) is 0. The van der Waals surface area contributed by atoms with Gasteiger partial charge in [-0.15, -0.1) is 0 Å². The van der Waals surface area contributed by atoms with Crippen LogP contribution in [0.15, 0.2) is 16.7 Å². The molecule has 48 valence electrons. The summed E-state index contributed by atoms with van der Waals surface area (Å²) in [6.07, 6.45) is -0.0804. The van der Waals surface area contributed by atoms with Crippen molar-refractivity contribution in [2.75, 3.05) is 5.73 Å². The van der Waals surface area contributed by atoms with Gasteiger partial charge in [-0.05, 0) is 28.9 Å². The van der Waals surface area contributed by atoms with Gasteiger partial charge < -0.3 is 5.73 Å². The summed E-state index contributed by atoms with van der Waals surface area (Å²) in [6, 6.07) is -0.0255. The first kappa shape index (κ1) is 4.28. The second-order valence-electron chi connectivity index (χ2n) is 1.66. The number of aromatic nitrogens is 1. The number of nitrogen functional groups attached to an aromatic ring is 1. The molecule has 0 spiro atoms. The summed E-state index contributed by atoms with van der Waals surface area (Å²) in [7, 11) is 0. The Morgan fingerprint density at radius 3 is 3.22 bits per heavy atom. The minimum atomic E-state index is -0.0804. The van der Waals surface area contributed by atoms with Gasteiger partial charge in [0.15, 0.2) is 0 Å². The van der Waals surface area contributed by atoms with Gasteiger partial charge in [-0.1, -0.05) is 0 Å². The van der Waals surface area contributed by atoms with E-state index in [0.717, 1.165) is 0 Å².